The van der Waals surface area contributed by atoms with Gasteiger partial charge in [0.15, 0.2) is 6.10 Å². The number of unbranched alkanes of at least 4 members (excludes halogenated alkanes) is 2. The van der Waals surface area contributed by atoms with E-state index in [2.05, 4.69) is 52.9 Å². The van der Waals surface area contributed by atoms with Crippen LogP contribution in [0.2, 0.25) is 5.02 Å². The molecule has 2 aromatic carbocycles. The standard InChI is InChI=1S/C77H118ClN11O23P2/c1-15-48(7)65-70(94)83-53(12)74(98)111-66(49(8)16-2)51(10)61(38-29-50(9)73(97)109-62(42-46(3)4)68(92)82-52(11)71(95)89(14)60(43-54-30-34-56(78)35-31-54)72(96)88(13)44-63(90)86-65)110-76(100)81-39-23-20-24-41-106-113(102,103)112-114(104,105)107-45-55-32-36-57(37-33-55)84-67(91)59(28-25-40-80-75(79)99)85-69(93)64(47(5)6)87-77(101)108-58-26-21-18-17-19-22-27-58/h16-18,29-37,46-48,51-53,58-62,64-66H,15,19-28,38-45H2,1-14H3,(H,81,100)(H,82,92)(H,83,94)(H,84,91)(H,85,93)(H,86,90)(H,87,101)(H,102,103)(H,104,105)(H3,79,80,99)/b18-17+,49-16+,50-29+/t48-,51+,52+,53-,58?,59+,60-,61+,62-,64-,65+,66-/m1/s1. The van der Waals surface area contributed by atoms with E-state index in [0.717, 1.165) is 29.1 Å². The number of alkyl carbamates (subject to hydrolysis) is 2. The summed E-state index contributed by atoms with van der Waals surface area (Å²) in [5, 5.41) is 21.5. The fourth-order valence-corrected chi connectivity index (χ4v) is 14.3. The Hall–Kier alpha value is -8.75. The summed E-state index contributed by atoms with van der Waals surface area (Å²) >= 11 is 6.18. The number of carbonyl (C=O) groups is 12. The fourth-order valence-electron chi connectivity index (χ4n) is 12.0. The number of nitrogens with two attached hydrogens (primary N) is 1. The zero-order valence-corrected chi connectivity index (χ0v) is 70.2. The maximum absolute atomic E-state index is 14.4. The number of cyclic esters (lactones) is 2. The second-order valence-electron chi connectivity index (χ2n) is 29.4. The third-order valence-corrected chi connectivity index (χ3v) is 22.0. The molecule has 2 aromatic rings. The molecule has 12 N–H and O–H groups in total. The molecule has 636 valence electrons. The van der Waals surface area contributed by atoms with Gasteiger partial charge in [-0.3, -0.25) is 42.6 Å². The first kappa shape index (κ1) is 97.6. The normalized spacial score (nSPS) is 23.8. The van der Waals surface area contributed by atoms with Crippen molar-refractivity contribution in [3.63, 3.8) is 0 Å². The summed E-state index contributed by atoms with van der Waals surface area (Å²) in [5.41, 5.74) is 6.75. The average Bonchev–Trinajstić information content (AvgIpc) is 0.834. The van der Waals surface area contributed by atoms with E-state index in [1.807, 2.05) is 6.08 Å². The molecule has 1 aliphatic carbocycles. The van der Waals surface area contributed by atoms with Gasteiger partial charge in [0.25, 0.3) is 5.91 Å². The maximum Gasteiger partial charge on any atom is 0.481 e. The van der Waals surface area contributed by atoms with Crippen LogP contribution in [0.5, 0.6) is 0 Å². The lowest BCUT2D eigenvalue weighted by Gasteiger charge is -2.33. The van der Waals surface area contributed by atoms with E-state index in [1.54, 1.807) is 92.7 Å². The highest BCUT2D eigenvalue weighted by Crippen LogP contribution is 2.60. The first-order chi connectivity index (χ1) is 53.6. The van der Waals surface area contributed by atoms with Crippen molar-refractivity contribution in [2.75, 3.05) is 45.7 Å². The van der Waals surface area contributed by atoms with Crippen molar-refractivity contribution < 1.29 is 109 Å². The lowest BCUT2D eigenvalue weighted by atomic mass is 9.90. The Bertz CT molecular complexity index is 3770. The monoisotopic (exact) mass is 1660 g/mol. The summed E-state index contributed by atoms with van der Waals surface area (Å²) in [5.74, 6) is -8.91. The molecule has 0 fully saturated rings. The molecule has 0 radical (unpaired) electrons. The first-order valence-electron chi connectivity index (χ1n) is 38.5. The van der Waals surface area contributed by atoms with Crippen molar-refractivity contribution in [1.82, 2.24) is 47.0 Å². The number of phosphoric ester groups is 2. The van der Waals surface area contributed by atoms with Crippen molar-refractivity contribution in [3.05, 3.63) is 100 Å². The zero-order chi connectivity index (χ0) is 85.2. The lowest BCUT2D eigenvalue weighted by Crippen LogP contribution is -2.57. The number of ether oxygens (including phenoxy) is 4. The van der Waals surface area contributed by atoms with Gasteiger partial charge in [0.1, 0.15) is 54.6 Å². The molecule has 0 saturated carbocycles. The summed E-state index contributed by atoms with van der Waals surface area (Å²) in [6.07, 6.45) is 6.03. The number of benzene rings is 2. The molecule has 1 heterocycles. The van der Waals surface area contributed by atoms with Crippen molar-refractivity contribution in [1.29, 1.82) is 0 Å². The second-order valence-corrected chi connectivity index (χ2v) is 32.9. The minimum Gasteiger partial charge on any atom is -0.456 e. The molecule has 0 saturated heterocycles. The van der Waals surface area contributed by atoms with Gasteiger partial charge in [-0.15, -0.1) is 0 Å². The van der Waals surface area contributed by atoms with E-state index < -0.39 is 179 Å². The first-order valence-corrected chi connectivity index (χ1v) is 41.8. The number of allylic oxidation sites excluding steroid dienone is 3. The van der Waals surface area contributed by atoms with Crippen LogP contribution < -0.4 is 48.3 Å². The van der Waals surface area contributed by atoms with Crippen LogP contribution in [0.4, 0.5) is 20.1 Å². The summed E-state index contributed by atoms with van der Waals surface area (Å²) in [6, 6.07) is 4.06. The maximum atomic E-state index is 14.4. The SMILES string of the molecule is C/C=C(\C)[C@H]1OC(=O)[C@@H](C)NC(=O)[C@H]([C@H](C)CC)NC(=O)CN(C)C(=O)[C@@H](Cc2ccc(Cl)cc2)N(C)C(=O)[C@H](C)NC(=O)[C@@H](CC(C)C)OC(=O)/C(C)=C/C[C@H](OC(=O)NCCCCCOP(=O)(O)OP(=O)(O)OCc2ccc(NC(=O)[C@H](CCCNC(N)=O)NC(=O)[C@H](NC(=O)OC3CC/C=C/CCC3)C(C)C)cc2)[C@@H]1C. The number of primary amides is 1. The number of likely N-dealkylation sites (N-methyl/N-ethyl adjacent to an activating group) is 2. The van der Waals surface area contributed by atoms with E-state index >= 15 is 0 Å². The quantitative estimate of drug-likeness (QED) is 0.0110. The molecular weight excluding hydrogens is 1540 g/mol. The van der Waals surface area contributed by atoms with E-state index in [1.165, 1.54) is 65.2 Å². The third-order valence-electron chi connectivity index (χ3n) is 19.1. The predicted molar refractivity (Wildman–Crippen MR) is 424 cm³/mol. The number of amides is 11. The molecule has 37 heteroatoms. The number of carbonyl (C=O) groups excluding carboxylic acids is 12. The molecule has 0 aromatic heterocycles. The van der Waals surface area contributed by atoms with Crippen molar-refractivity contribution in [2.45, 2.75) is 240 Å². The topological polar surface area (TPSA) is 473 Å². The Balaban J connectivity index is 1.43. The summed E-state index contributed by atoms with van der Waals surface area (Å²) in [6.45, 7) is 18.1. The zero-order valence-electron chi connectivity index (χ0n) is 67.7. The number of urea groups is 1. The van der Waals surface area contributed by atoms with Gasteiger partial charge in [-0.25, -0.2) is 33.1 Å². The van der Waals surface area contributed by atoms with Gasteiger partial charge in [-0.1, -0.05) is 115 Å². The van der Waals surface area contributed by atoms with Crippen LogP contribution in [-0.4, -0.2) is 192 Å². The third kappa shape index (κ3) is 34.8. The molecule has 3 unspecified atom stereocenters. The van der Waals surface area contributed by atoms with Crippen molar-refractivity contribution >= 4 is 104 Å². The Kier molecular flexibility index (Phi) is 41.6. The van der Waals surface area contributed by atoms with Crippen molar-refractivity contribution in [2.24, 2.45) is 29.4 Å². The summed E-state index contributed by atoms with van der Waals surface area (Å²) in [7, 11) is -7.80. The second kappa shape index (κ2) is 48.6. The Morgan fingerprint density at radius 2 is 1.39 bits per heavy atom. The number of rotatable bonds is 31. The highest BCUT2D eigenvalue weighted by atomic mass is 35.5. The molecule has 1 aliphatic heterocycles. The molecular formula is C77H118ClN11O23P2. The van der Waals surface area contributed by atoms with Crippen LogP contribution in [0.1, 0.15) is 178 Å². The van der Waals surface area contributed by atoms with E-state index in [9.17, 15) is 76.5 Å². The van der Waals surface area contributed by atoms with Crippen LogP contribution in [0.15, 0.2) is 84.0 Å². The van der Waals surface area contributed by atoms with Crippen LogP contribution in [0.25, 0.3) is 0 Å². The number of hydrogen-bond donors (Lipinski definition) is 11. The van der Waals surface area contributed by atoms with E-state index in [0.29, 0.717) is 35.4 Å². The van der Waals surface area contributed by atoms with Gasteiger partial charge in [0.05, 0.1) is 19.8 Å². The number of anilines is 1. The van der Waals surface area contributed by atoms with Gasteiger partial charge in [0, 0.05) is 62.2 Å². The van der Waals surface area contributed by atoms with E-state index in [-0.39, 0.29) is 93.3 Å². The lowest BCUT2D eigenvalue weighted by molar-refractivity contribution is -0.155. The van der Waals surface area contributed by atoms with Gasteiger partial charge in [-0.05, 0) is 164 Å². The molecule has 0 bridgehead atoms. The minimum absolute atomic E-state index is 0.0148. The van der Waals surface area contributed by atoms with Crippen LogP contribution in [-0.2, 0) is 97.6 Å². The number of hydrogen-bond acceptors (Lipinski definition) is 21. The summed E-state index contributed by atoms with van der Waals surface area (Å²) in [4.78, 5) is 188. The number of nitrogens with one attached hydrogen (secondary N) is 8. The molecule has 2 aliphatic rings. The number of halogens is 1. The van der Waals surface area contributed by atoms with E-state index in [4.69, 9.17) is 45.3 Å². The van der Waals surface area contributed by atoms with Crippen LogP contribution in [0, 0.1) is 23.7 Å². The van der Waals surface area contributed by atoms with Crippen LogP contribution in [0.3, 0.4) is 0 Å². The molecule has 34 nitrogen and oxygen atoms in total. The Morgan fingerprint density at radius 1 is 0.754 bits per heavy atom. The largest absolute Gasteiger partial charge is 0.481 e. The molecule has 14 atom stereocenters. The van der Waals surface area contributed by atoms with Gasteiger partial charge < -0.3 is 86.8 Å². The Morgan fingerprint density at radius 3 is 2.04 bits per heavy atom. The molecule has 4 rings (SSSR count). The van der Waals surface area contributed by atoms with Gasteiger partial charge in [0.2, 0.25) is 35.4 Å². The minimum atomic E-state index is -5.29. The Labute approximate surface area is 672 Å². The van der Waals surface area contributed by atoms with Gasteiger partial charge in [-0.2, -0.15) is 4.31 Å². The molecule has 11 amide bonds. The predicted octanol–water partition coefficient (Wildman–Crippen LogP) is 8.76. The van der Waals surface area contributed by atoms with Crippen LogP contribution >= 0.6 is 27.2 Å². The number of phosphoric acid groups is 2. The summed E-state index contributed by atoms with van der Waals surface area (Å²) < 4.78 is 63.9. The molecule has 0 spiro atoms. The number of esters is 2. The highest BCUT2D eigenvalue weighted by Gasteiger charge is 2.40. The smallest absolute Gasteiger partial charge is 0.456 e. The van der Waals surface area contributed by atoms with Crippen molar-refractivity contribution in [3.8, 4) is 0 Å². The highest BCUT2D eigenvalue weighted by molar-refractivity contribution is 7.61. The van der Waals surface area contributed by atoms with Gasteiger partial charge >= 0.3 is 45.8 Å². The molecule has 114 heavy (non-hydrogen) atoms. The fraction of sp³-hybridized carbons (Fsp3) is 0.610. The number of nitrogens with zero attached hydrogens (tertiary/aromatic N) is 2. The average molecular weight is 1660 g/mol.